The molecule has 3 heterocycles. The zero-order valence-electron chi connectivity index (χ0n) is 28.0. The van der Waals surface area contributed by atoms with Gasteiger partial charge in [-0.05, 0) is 50.1 Å². The van der Waals surface area contributed by atoms with Gasteiger partial charge in [0.15, 0.2) is 9.84 Å². The number of carboxylic acids is 1. The number of hydrogen-bond donors (Lipinski definition) is 2. The molecule has 1 aliphatic heterocycles. The lowest BCUT2D eigenvalue weighted by atomic mass is 9.94. The molecule has 0 unspecified atom stereocenters. The van der Waals surface area contributed by atoms with Crippen LogP contribution in [0, 0.1) is 19.7 Å². The number of anilines is 1. The number of rotatable bonds is 7. The fourth-order valence-corrected chi connectivity index (χ4v) is 7.19. The SMILES string of the molecule is CC.Cc1cc(N2CCS(=O)(=O)[C@H](C)C2)cc(F)c1C(=O)N[C@@H](Cc1ccc(-c2c(C)n(C)c(=O)n(C)c2=O)c2ncccc12)C(=O)O. The predicted octanol–water partition coefficient (Wildman–Crippen LogP) is 3.13. The van der Waals surface area contributed by atoms with Gasteiger partial charge < -0.3 is 19.9 Å². The number of benzene rings is 2. The number of carboxylic acid groups (broad SMARTS) is 1. The highest BCUT2D eigenvalue weighted by molar-refractivity contribution is 7.92. The molecular formula is C34H40FN5O7S. The number of hydrogen-bond acceptors (Lipinski definition) is 8. The van der Waals surface area contributed by atoms with Gasteiger partial charge in [0.1, 0.15) is 11.9 Å². The molecule has 1 fully saturated rings. The van der Waals surface area contributed by atoms with E-state index in [0.29, 0.717) is 33.4 Å². The Hall–Kier alpha value is -4.85. The number of amides is 1. The summed E-state index contributed by atoms with van der Waals surface area (Å²) >= 11 is 0. The lowest BCUT2D eigenvalue weighted by Crippen LogP contribution is -2.45. The molecule has 0 bridgehead atoms. The van der Waals surface area contributed by atoms with Crippen LogP contribution in [0.15, 0.2) is 52.2 Å². The zero-order valence-corrected chi connectivity index (χ0v) is 28.8. The second-order valence-electron chi connectivity index (χ2n) is 11.6. The molecule has 48 heavy (non-hydrogen) atoms. The third kappa shape index (κ3) is 6.75. The van der Waals surface area contributed by atoms with E-state index in [1.807, 2.05) is 13.8 Å². The molecule has 4 aromatic rings. The lowest BCUT2D eigenvalue weighted by Gasteiger charge is -2.33. The molecule has 2 atom stereocenters. The summed E-state index contributed by atoms with van der Waals surface area (Å²) in [5.74, 6) is -3.17. The number of fused-ring (bicyclic) bond motifs is 1. The summed E-state index contributed by atoms with van der Waals surface area (Å²) in [5, 5.41) is 12.4. The first-order valence-corrected chi connectivity index (χ1v) is 17.3. The highest BCUT2D eigenvalue weighted by Crippen LogP contribution is 2.30. The number of aliphatic carboxylic acids is 1. The maximum Gasteiger partial charge on any atom is 0.330 e. The van der Waals surface area contributed by atoms with Crippen LogP contribution in [-0.4, -0.2) is 69.7 Å². The first-order chi connectivity index (χ1) is 22.6. The van der Waals surface area contributed by atoms with Crippen molar-refractivity contribution in [2.24, 2.45) is 14.1 Å². The van der Waals surface area contributed by atoms with Gasteiger partial charge in [-0.1, -0.05) is 32.0 Å². The van der Waals surface area contributed by atoms with Gasteiger partial charge >= 0.3 is 11.7 Å². The monoisotopic (exact) mass is 681 g/mol. The minimum absolute atomic E-state index is 0.0656. The maximum absolute atomic E-state index is 15.4. The highest BCUT2D eigenvalue weighted by Gasteiger charge is 2.31. The minimum atomic E-state index is -3.22. The number of carbonyl (C=O) groups excluding carboxylic acids is 1. The van der Waals surface area contributed by atoms with Crippen LogP contribution in [-0.2, 0) is 35.1 Å². The van der Waals surface area contributed by atoms with Crippen LogP contribution in [0.2, 0.25) is 0 Å². The minimum Gasteiger partial charge on any atom is -0.480 e. The van der Waals surface area contributed by atoms with Gasteiger partial charge in [-0.3, -0.25) is 19.1 Å². The van der Waals surface area contributed by atoms with Crippen molar-refractivity contribution in [1.29, 1.82) is 0 Å². The summed E-state index contributed by atoms with van der Waals surface area (Å²) in [5.41, 5.74) is 1.52. The molecule has 1 amide bonds. The van der Waals surface area contributed by atoms with Gasteiger partial charge in [0, 0.05) is 62.1 Å². The van der Waals surface area contributed by atoms with Gasteiger partial charge in [-0.2, -0.15) is 0 Å². The van der Waals surface area contributed by atoms with E-state index in [1.165, 1.54) is 24.7 Å². The second-order valence-corrected chi connectivity index (χ2v) is 14.2. The van der Waals surface area contributed by atoms with Crippen molar-refractivity contribution in [2.75, 3.05) is 23.7 Å². The van der Waals surface area contributed by atoms with Crippen LogP contribution in [0.5, 0.6) is 0 Å². The topological polar surface area (TPSA) is 161 Å². The Morgan fingerprint density at radius 3 is 2.42 bits per heavy atom. The first kappa shape index (κ1) is 36.0. The van der Waals surface area contributed by atoms with Crippen molar-refractivity contribution in [3.63, 3.8) is 0 Å². The van der Waals surface area contributed by atoms with Crippen molar-refractivity contribution in [1.82, 2.24) is 19.4 Å². The van der Waals surface area contributed by atoms with Crippen LogP contribution >= 0.6 is 0 Å². The molecule has 2 aromatic heterocycles. The quantitative estimate of drug-likeness (QED) is 0.299. The summed E-state index contributed by atoms with van der Waals surface area (Å²) < 4.78 is 42.0. The molecule has 0 spiro atoms. The predicted molar refractivity (Wildman–Crippen MR) is 183 cm³/mol. The van der Waals surface area contributed by atoms with Crippen LogP contribution < -0.4 is 21.5 Å². The van der Waals surface area contributed by atoms with E-state index < -0.39 is 50.1 Å². The van der Waals surface area contributed by atoms with Gasteiger partial charge in [0.2, 0.25) is 0 Å². The molecular weight excluding hydrogens is 641 g/mol. The average molecular weight is 682 g/mol. The van der Waals surface area contributed by atoms with E-state index in [-0.39, 0.29) is 42.0 Å². The standard InChI is InChI=1S/C32H34FN5O7S.C2H6/c1-17-13-21(38-11-12-46(44,45)18(2)16-38)15-24(33)26(17)29(39)35-25(31(41)42)14-20-8-9-23(28-22(20)7-6-10-34-28)27-19(3)36(4)32(43)37(5)30(27)40;1-2/h6-10,13,15,18,25H,11-12,14,16H2,1-5H3,(H,35,39)(H,41,42);1-2H3/t18-,25+;/m1./s1. The Bertz CT molecular complexity index is 2120. The Morgan fingerprint density at radius 2 is 1.79 bits per heavy atom. The van der Waals surface area contributed by atoms with E-state index in [1.54, 1.807) is 56.1 Å². The molecule has 5 rings (SSSR count). The molecule has 0 aliphatic carbocycles. The lowest BCUT2D eigenvalue weighted by molar-refractivity contribution is -0.139. The Labute approximate surface area is 277 Å². The molecule has 2 N–H and O–H groups in total. The first-order valence-electron chi connectivity index (χ1n) is 15.6. The number of aromatic nitrogens is 3. The fourth-order valence-electron chi connectivity index (χ4n) is 5.90. The number of aryl methyl sites for hydroxylation is 1. The summed E-state index contributed by atoms with van der Waals surface area (Å²) in [6.07, 6.45) is 1.36. The van der Waals surface area contributed by atoms with E-state index in [9.17, 15) is 32.7 Å². The Balaban J connectivity index is 0.00000255. The number of nitrogens with one attached hydrogen (secondary N) is 1. The summed E-state index contributed by atoms with van der Waals surface area (Å²) in [4.78, 5) is 57.5. The highest BCUT2D eigenvalue weighted by atomic mass is 32.2. The Kier molecular flexibility index (Phi) is 10.6. The number of halogens is 1. The molecule has 12 nitrogen and oxygen atoms in total. The summed E-state index contributed by atoms with van der Waals surface area (Å²) in [7, 11) is -0.273. The van der Waals surface area contributed by atoms with Crippen molar-refractivity contribution < 1.29 is 27.5 Å². The van der Waals surface area contributed by atoms with Gasteiger partial charge in [-0.25, -0.2) is 22.4 Å². The second kappa shape index (κ2) is 14.1. The fraction of sp³-hybridized carbons (Fsp3) is 0.382. The van der Waals surface area contributed by atoms with E-state index >= 15 is 4.39 Å². The number of nitrogens with zero attached hydrogens (tertiary/aromatic N) is 4. The van der Waals surface area contributed by atoms with E-state index in [4.69, 9.17) is 0 Å². The van der Waals surface area contributed by atoms with Crippen molar-refractivity contribution in [2.45, 2.75) is 52.3 Å². The van der Waals surface area contributed by atoms with Crippen molar-refractivity contribution in [3.05, 3.63) is 91.6 Å². The molecule has 256 valence electrons. The number of carbonyl (C=O) groups is 2. The average Bonchev–Trinajstić information content (AvgIpc) is 3.05. The Morgan fingerprint density at radius 1 is 1.10 bits per heavy atom. The van der Waals surface area contributed by atoms with Gasteiger partial charge in [0.25, 0.3) is 11.5 Å². The third-order valence-corrected chi connectivity index (χ3v) is 10.8. The van der Waals surface area contributed by atoms with Gasteiger partial charge in [0.05, 0.1) is 27.6 Å². The normalized spacial score (nSPS) is 16.2. The summed E-state index contributed by atoms with van der Waals surface area (Å²) in [6, 6.07) is 7.96. The van der Waals surface area contributed by atoms with E-state index in [2.05, 4.69) is 10.3 Å². The molecule has 14 heteroatoms. The molecule has 2 aromatic carbocycles. The van der Waals surface area contributed by atoms with Crippen LogP contribution in [0.1, 0.15) is 48.0 Å². The zero-order chi connectivity index (χ0) is 35.7. The van der Waals surface area contributed by atoms with Crippen molar-refractivity contribution in [3.8, 4) is 11.1 Å². The van der Waals surface area contributed by atoms with Crippen LogP contribution in [0.4, 0.5) is 10.1 Å². The molecule has 0 radical (unpaired) electrons. The maximum atomic E-state index is 15.4. The summed E-state index contributed by atoms with van der Waals surface area (Å²) in [6.45, 7) is 9.16. The van der Waals surface area contributed by atoms with Crippen molar-refractivity contribution >= 4 is 38.3 Å². The number of pyridine rings is 1. The molecule has 0 saturated carbocycles. The molecule has 1 saturated heterocycles. The van der Waals surface area contributed by atoms with E-state index in [0.717, 1.165) is 10.6 Å². The smallest absolute Gasteiger partial charge is 0.330 e. The van der Waals surface area contributed by atoms with Gasteiger partial charge in [-0.15, -0.1) is 0 Å². The van der Waals surface area contributed by atoms with Crippen LogP contribution in [0.25, 0.3) is 22.0 Å². The third-order valence-electron chi connectivity index (χ3n) is 8.71. The molecule has 1 aliphatic rings. The largest absolute Gasteiger partial charge is 0.480 e. The number of sulfone groups is 1. The van der Waals surface area contributed by atoms with Crippen LogP contribution in [0.3, 0.4) is 0 Å².